The van der Waals surface area contributed by atoms with Crippen LogP contribution in [0.15, 0.2) is 0 Å². The van der Waals surface area contributed by atoms with Crippen molar-refractivity contribution < 1.29 is 4.79 Å². The van der Waals surface area contributed by atoms with Crippen molar-refractivity contribution in [2.75, 3.05) is 5.32 Å². The minimum atomic E-state index is -0.107. The van der Waals surface area contributed by atoms with E-state index in [1.54, 1.807) is 18.5 Å². The molecular formula is C11H16N4O. The normalized spacial score (nSPS) is 10.2. The molecule has 0 aliphatic heterocycles. The van der Waals surface area contributed by atoms with E-state index in [-0.39, 0.29) is 11.8 Å². The predicted octanol–water partition coefficient (Wildman–Crippen LogP) is 1.58. The van der Waals surface area contributed by atoms with E-state index in [2.05, 4.69) is 10.3 Å². The Hall–Kier alpha value is -1.83. The summed E-state index contributed by atoms with van der Waals surface area (Å²) in [6.45, 7) is 5.72. The Morgan fingerprint density at radius 1 is 1.62 bits per heavy atom. The van der Waals surface area contributed by atoms with E-state index in [1.165, 1.54) is 0 Å². The van der Waals surface area contributed by atoms with Gasteiger partial charge in [0.05, 0.1) is 0 Å². The van der Waals surface area contributed by atoms with Crippen molar-refractivity contribution >= 4 is 11.7 Å². The maximum absolute atomic E-state index is 11.5. The minimum Gasteiger partial charge on any atom is -0.321 e. The second-order valence-corrected chi connectivity index (χ2v) is 4.17. The maximum atomic E-state index is 11.5. The molecule has 16 heavy (non-hydrogen) atoms. The van der Waals surface area contributed by atoms with Crippen LogP contribution in [0.1, 0.15) is 31.8 Å². The first-order valence-corrected chi connectivity index (χ1v) is 5.19. The number of rotatable bonds is 3. The molecule has 0 aliphatic carbocycles. The average molecular weight is 220 g/mol. The van der Waals surface area contributed by atoms with Crippen LogP contribution in [-0.4, -0.2) is 15.5 Å². The van der Waals surface area contributed by atoms with Gasteiger partial charge in [-0.2, -0.15) is 5.26 Å². The monoisotopic (exact) mass is 220 g/mol. The van der Waals surface area contributed by atoms with Gasteiger partial charge in [0.2, 0.25) is 5.91 Å². The smallest absolute Gasteiger partial charge is 0.225 e. The van der Waals surface area contributed by atoms with Crippen LogP contribution < -0.4 is 5.32 Å². The molecule has 0 unspecified atom stereocenters. The summed E-state index contributed by atoms with van der Waals surface area (Å²) in [7, 11) is 1.75. The quantitative estimate of drug-likeness (QED) is 0.840. The van der Waals surface area contributed by atoms with Crippen LogP contribution in [0.2, 0.25) is 0 Å². The van der Waals surface area contributed by atoms with Gasteiger partial charge in [-0.1, -0.05) is 13.8 Å². The van der Waals surface area contributed by atoms with E-state index in [0.29, 0.717) is 23.8 Å². The zero-order valence-corrected chi connectivity index (χ0v) is 10.0. The molecule has 5 heteroatoms. The van der Waals surface area contributed by atoms with Crippen molar-refractivity contribution in [2.24, 2.45) is 13.0 Å². The fourth-order valence-corrected chi connectivity index (χ4v) is 1.38. The van der Waals surface area contributed by atoms with Crippen molar-refractivity contribution in [1.82, 2.24) is 9.55 Å². The summed E-state index contributed by atoms with van der Waals surface area (Å²) in [5.74, 6) is 1.24. The first kappa shape index (κ1) is 12.2. The summed E-state index contributed by atoms with van der Waals surface area (Å²) in [6.07, 6.45) is 0.431. The second kappa shape index (κ2) is 4.79. The Balaban J connectivity index is 2.86. The highest BCUT2D eigenvalue weighted by molar-refractivity contribution is 5.90. The Bertz CT molecular complexity index is 440. The van der Waals surface area contributed by atoms with Crippen LogP contribution >= 0.6 is 0 Å². The highest BCUT2D eigenvalue weighted by Gasteiger charge is 2.14. The number of aromatic nitrogens is 2. The van der Waals surface area contributed by atoms with Gasteiger partial charge in [0, 0.05) is 13.5 Å². The van der Waals surface area contributed by atoms with E-state index in [9.17, 15) is 4.79 Å². The largest absolute Gasteiger partial charge is 0.321 e. The number of carbonyl (C=O) groups is 1. The van der Waals surface area contributed by atoms with Gasteiger partial charge < -0.3 is 9.88 Å². The predicted molar refractivity (Wildman–Crippen MR) is 60.7 cm³/mol. The maximum Gasteiger partial charge on any atom is 0.225 e. The van der Waals surface area contributed by atoms with Crippen LogP contribution in [0.4, 0.5) is 5.82 Å². The first-order chi connectivity index (χ1) is 7.45. The fourth-order valence-electron chi connectivity index (χ4n) is 1.38. The Morgan fingerprint density at radius 3 is 2.75 bits per heavy atom. The van der Waals surface area contributed by atoms with Gasteiger partial charge in [-0.05, 0) is 12.8 Å². The zero-order valence-electron chi connectivity index (χ0n) is 10.0. The number of amides is 1. The van der Waals surface area contributed by atoms with Gasteiger partial charge in [0.25, 0.3) is 0 Å². The van der Waals surface area contributed by atoms with Gasteiger partial charge in [0.15, 0.2) is 11.5 Å². The lowest BCUT2D eigenvalue weighted by atomic mass is 10.1. The van der Waals surface area contributed by atoms with Gasteiger partial charge >= 0.3 is 0 Å². The highest BCUT2D eigenvalue weighted by Crippen LogP contribution is 2.15. The highest BCUT2D eigenvalue weighted by atomic mass is 16.1. The summed E-state index contributed by atoms with van der Waals surface area (Å²) in [5, 5.41) is 11.6. The Kier molecular flexibility index (Phi) is 3.67. The standard InChI is InChI=1S/C11H16N4O/c1-7(2)5-10(16)14-11-9(6-12)15(4)8(3)13-11/h7H,5H2,1-4H3,(H,14,16). The zero-order chi connectivity index (χ0) is 12.3. The molecule has 0 bridgehead atoms. The molecule has 0 aromatic carbocycles. The number of nitrogens with zero attached hydrogens (tertiary/aromatic N) is 3. The molecule has 0 saturated carbocycles. The lowest BCUT2D eigenvalue weighted by Crippen LogP contribution is -2.15. The van der Waals surface area contributed by atoms with E-state index >= 15 is 0 Å². The summed E-state index contributed by atoms with van der Waals surface area (Å²) in [4.78, 5) is 15.7. The molecule has 0 spiro atoms. The number of aryl methyl sites for hydroxylation is 1. The fraction of sp³-hybridized carbons (Fsp3) is 0.545. The summed E-state index contributed by atoms with van der Waals surface area (Å²) in [6, 6.07) is 2.03. The van der Waals surface area contributed by atoms with Gasteiger partial charge in [0.1, 0.15) is 11.9 Å². The van der Waals surface area contributed by atoms with Crippen LogP contribution in [0.25, 0.3) is 0 Å². The van der Waals surface area contributed by atoms with Crippen molar-refractivity contribution in [1.29, 1.82) is 5.26 Å². The molecule has 5 nitrogen and oxygen atoms in total. The number of nitrogens with one attached hydrogen (secondary N) is 1. The third-order valence-electron chi connectivity index (χ3n) is 2.28. The molecule has 0 atom stereocenters. The van der Waals surface area contributed by atoms with Crippen molar-refractivity contribution in [3.63, 3.8) is 0 Å². The molecule has 1 aromatic heterocycles. The van der Waals surface area contributed by atoms with Crippen LogP contribution in [-0.2, 0) is 11.8 Å². The molecule has 86 valence electrons. The van der Waals surface area contributed by atoms with Crippen molar-refractivity contribution in [3.8, 4) is 6.07 Å². The number of nitriles is 1. The lowest BCUT2D eigenvalue weighted by Gasteiger charge is -2.04. The van der Waals surface area contributed by atoms with E-state index in [4.69, 9.17) is 5.26 Å². The molecule has 1 N–H and O–H groups in total. The second-order valence-electron chi connectivity index (χ2n) is 4.17. The van der Waals surface area contributed by atoms with Crippen molar-refractivity contribution in [2.45, 2.75) is 27.2 Å². The number of anilines is 1. The third kappa shape index (κ3) is 2.60. The SMILES string of the molecule is Cc1nc(NC(=O)CC(C)C)c(C#N)n1C. The Morgan fingerprint density at radius 2 is 2.25 bits per heavy atom. The molecule has 0 saturated heterocycles. The molecule has 1 aromatic rings. The molecule has 1 rings (SSSR count). The number of carbonyl (C=O) groups excluding carboxylic acids is 1. The Labute approximate surface area is 95.1 Å². The summed E-state index contributed by atoms with van der Waals surface area (Å²) in [5.41, 5.74) is 0.384. The molecule has 1 heterocycles. The lowest BCUT2D eigenvalue weighted by molar-refractivity contribution is -0.116. The molecule has 0 fully saturated rings. The van der Waals surface area contributed by atoms with Gasteiger partial charge in [-0.25, -0.2) is 4.98 Å². The number of imidazole rings is 1. The summed E-state index contributed by atoms with van der Waals surface area (Å²) >= 11 is 0. The number of hydrogen-bond donors (Lipinski definition) is 1. The average Bonchev–Trinajstić information content (AvgIpc) is 2.40. The van der Waals surface area contributed by atoms with E-state index in [0.717, 1.165) is 0 Å². The van der Waals surface area contributed by atoms with Gasteiger partial charge in [-0.15, -0.1) is 0 Å². The number of hydrogen-bond acceptors (Lipinski definition) is 3. The van der Waals surface area contributed by atoms with Crippen LogP contribution in [0, 0.1) is 24.2 Å². The topological polar surface area (TPSA) is 70.7 Å². The third-order valence-corrected chi connectivity index (χ3v) is 2.28. The molecule has 0 aliphatic rings. The van der Waals surface area contributed by atoms with Crippen LogP contribution in [0.5, 0.6) is 0 Å². The van der Waals surface area contributed by atoms with Crippen molar-refractivity contribution in [3.05, 3.63) is 11.5 Å². The van der Waals surface area contributed by atoms with Crippen LogP contribution in [0.3, 0.4) is 0 Å². The molecule has 0 radical (unpaired) electrons. The molecule has 1 amide bonds. The van der Waals surface area contributed by atoms with E-state index in [1.807, 2.05) is 19.9 Å². The molecular weight excluding hydrogens is 204 g/mol. The van der Waals surface area contributed by atoms with Gasteiger partial charge in [-0.3, -0.25) is 4.79 Å². The minimum absolute atomic E-state index is 0.107. The van der Waals surface area contributed by atoms with E-state index < -0.39 is 0 Å². The summed E-state index contributed by atoms with van der Waals surface area (Å²) < 4.78 is 1.66. The first-order valence-electron chi connectivity index (χ1n) is 5.19.